The number of likely N-dealkylation sites (N-methyl/N-ethyl adjacent to an activating group) is 1. The molecule has 1 aromatic heterocycles. The fourth-order valence-electron chi connectivity index (χ4n) is 0.971. The van der Waals surface area contributed by atoms with Gasteiger partial charge in [0, 0.05) is 7.05 Å². The number of carbonyl (C=O) groups is 1. The van der Waals surface area contributed by atoms with Crippen LogP contribution in [0.5, 0.6) is 0 Å². The van der Waals surface area contributed by atoms with E-state index >= 15 is 0 Å². The maximum absolute atomic E-state index is 11.5. The summed E-state index contributed by atoms with van der Waals surface area (Å²) in [5.41, 5.74) is -1.31. The zero-order valence-corrected chi connectivity index (χ0v) is 8.76. The van der Waals surface area contributed by atoms with Crippen molar-refractivity contribution in [2.45, 2.75) is 19.4 Å². The molecule has 13 heavy (non-hydrogen) atoms. The monoisotopic (exact) mass is 199 g/mol. The van der Waals surface area contributed by atoms with Crippen LogP contribution in [0.1, 0.15) is 13.8 Å². The lowest BCUT2D eigenvalue weighted by atomic mass is 10.1. The van der Waals surface area contributed by atoms with E-state index in [0.29, 0.717) is 0 Å². The molecule has 72 valence electrons. The van der Waals surface area contributed by atoms with Crippen molar-refractivity contribution in [1.29, 1.82) is 0 Å². The van der Waals surface area contributed by atoms with E-state index in [9.17, 15) is 9.90 Å². The Balaban J connectivity index is 2.81. The minimum Gasteiger partial charge on any atom is -0.381 e. The second kappa shape index (κ2) is 3.47. The van der Waals surface area contributed by atoms with Crippen molar-refractivity contribution < 1.29 is 9.90 Å². The quantitative estimate of drug-likeness (QED) is 0.783. The largest absolute Gasteiger partial charge is 0.381 e. The molecule has 0 aliphatic rings. The zero-order valence-electron chi connectivity index (χ0n) is 7.94. The van der Waals surface area contributed by atoms with Crippen LogP contribution in [-0.4, -0.2) is 23.7 Å². The first-order valence-electron chi connectivity index (χ1n) is 3.97. The number of rotatable bonds is 2. The van der Waals surface area contributed by atoms with Gasteiger partial charge in [0.25, 0.3) is 5.91 Å². The predicted molar refractivity (Wildman–Crippen MR) is 54.0 cm³/mol. The highest BCUT2D eigenvalue weighted by molar-refractivity contribution is 7.14. The molecule has 1 heterocycles. The van der Waals surface area contributed by atoms with Crippen LogP contribution in [-0.2, 0) is 4.79 Å². The number of hydrogen-bond acceptors (Lipinski definition) is 3. The molecule has 0 saturated carbocycles. The van der Waals surface area contributed by atoms with Crippen LogP contribution in [0.25, 0.3) is 0 Å². The van der Waals surface area contributed by atoms with Crippen molar-refractivity contribution in [3.05, 3.63) is 17.5 Å². The SMILES string of the molecule is CN(C(=O)C(C)(C)O)c1cccs1. The van der Waals surface area contributed by atoms with Gasteiger partial charge in [-0.15, -0.1) is 11.3 Å². The van der Waals surface area contributed by atoms with E-state index in [2.05, 4.69) is 0 Å². The molecule has 4 heteroatoms. The molecular weight excluding hydrogens is 186 g/mol. The van der Waals surface area contributed by atoms with E-state index in [4.69, 9.17) is 0 Å². The highest BCUT2D eigenvalue weighted by Gasteiger charge is 2.28. The Labute approximate surface area is 81.6 Å². The van der Waals surface area contributed by atoms with Gasteiger partial charge >= 0.3 is 0 Å². The summed E-state index contributed by atoms with van der Waals surface area (Å²) in [4.78, 5) is 13.0. The standard InChI is InChI=1S/C9H13NO2S/c1-9(2,12)8(11)10(3)7-5-4-6-13-7/h4-6,12H,1-3H3. The Hall–Kier alpha value is -0.870. The fourth-order valence-corrected chi connectivity index (χ4v) is 1.67. The average molecular weight is 199 g/mol. The minimum atomic E-state index is -1.31. The van der Waals surface area contributed by atoms with Gasteiger partial charge in [-0.25, -0.2) is 0 Å². The number of amides is 1. The molecule has 0 spiro atoms. The summed E-state index contributed by atoms with van der Waals surface area (Å²) >= 11 is 1.47. The maximum atomic E-state index is 11.5. The number of hydrogen-bond donors (Lipinski definition) is 1. The van der Waals surface area contributed by atoms with Gasteiger partial charge in [0.15, 0.2) is 0 Å². The Bertz CT molecular complexity index is 287. The molecule has 1 aromatic rings. The number of anilines is 1. The summed E-state index contributed by atoms with van der Waals surface area (Å²) in [5.74, 6) is -0.296. The van der Waals surface area contributed by atoms with Crippen LogP contribution in [0, 0.1) is 0 Å². The van der Waals surface area contributed by atoms with Crippen LogP contribution in [0.3, 0.4) is 0 Å². The smallest absolute Gasteiger partial charge is 0.258 e. The molecule has 1 N–H and O–H groups in total. The Morgan fingerprint density at radius 2 is 2.23 bits per heavy atom. The number of carbonyl (C=O) groups excluding carboxylic acids is 1. The summed E-state index contributed by atoms with van der Waals surface area (Å²) < 4.78 is 0. The van der Waals surface area contributed by atoms with Crippen LogP contribution in [0.15, 0.2) is 17.5 Å². The Kier molecular flexibility index (Phi) is 2.73. The molecule has 0 radical (unpaired) electrons. The van der Waals surface area contributed by atoms with Crippen LogP contribution in [0.4, 0.5) is 5.00 Å². The van der Waals surface area contributed by atoms with Gasteiger partial charge in [-0.1, -0.05) is 0 Å². The third kappa shape index (κ3) is 2.29. The second-order valence-corrected chi connectivity index (χ2v) is 4.30. The molecule has 1 amide bonds. The number of thiophene rings is 1. The van der Waals surface area contributed by atoms with Crippen molar-refractivity contribution in [1.82, 2.24) is 0 Å². The lowest BCUT2D eigenvalue weighted by molar-refractivity contribution is -0.133. The van der Waals surface area contributed by atoms with Gasteiger partial charge in [0.2, 0.25) is 0 Å². The summed E-state index contributed by atoms with van der Waals surface area (Å²) in [7, 11) is 1.66. The Morgan fingerprint density at radius 1 is 1.62 bits per heavy atom. The van der Waals surface area contributed by atoms with Gasteiger partial charge in [-0.3, -0.25) is 4.79 Å². The topological polar surface area (TPSA) is 40.5 Å². The van der Waals surface area contributed by atoms with Gasteiger partial charge in [0.1, 0.15) is 5.60 Å². The summed E-state index contributed by atoms with van der Waals surface area (Å²) in [6.45, 7) is 2.97. The molecule has 0 unspecified atom stereocenters. The lowest BCUT2D eigenvalue weighted by Crippen LogP contribution is -2.42. The molecule has 0 aliphatic carbocycles. The fraction of sp³-hybridized carbons (Fsp3) is 0.444. The van der Waals surface area contributed by atoms with E-state index in [1.54, 1.807) is 7.05 Å². The van der Waals surface area contributed by atoms with E-state index in [1.165, 1.54) is 30.1 Å². The number of nitrogens with zero attached hydrogens (tertiary/aromatic N) is 1. The number of aliphatic hydroxyl groups is 1. The summed E-state index contributed by atoms with van der Waals surface area (Å²) in [6, 6.07) is 3.71. The maximum Gasteiger partial charge on any atom is 0.258 e. The van der Waals surface area contributed by atoms with E-state index < -0.39 is 5.60 Å². The lowest BCUT2D eigenvalue weighted by Gasteiger charge is -2.23. The molecule has 0 aromatic carbocycles. The van der Waals surface area contributed by atoms with Crippen molar-refractivity contribution in [2.24, 2.45) is 0 Å². The average Bonchev–Trinajstić information content (AvgIpc) is 2.51. The second-order valence-electron chi connectivity index (χ2n) is 3.37. The van der Waals surface area contributed by atoms with E-state index in [-0.39, 0.29) is 5.91 Å². The van der Waals surface area contributed by atoms with Crippen LogP contribution >= 0.6 is 11.3 Å². The normalized spacial score (nSPS) is 11.4. The Morgan fingerprint density at radius 3 is 2.62 bits per heavy atom. The van der Waals surface area contributed by atoms with Gasteiger partial charge in [-0.05, 0) is 31.4 Å². The highest BCUT2D eigenvalue weighted by atomic mass is 32.1. The predicted octanol–water partition coefficient (Wildman–Crippen LogP) is 1.48. The minimum absolute atomic E-state index is 0.296. The third-order valence-electron chi connectivity index (χ3n) is 1.66. The molecule has 0 saturated heterocycles. The van der Waals surface area contributed by atoms with E-state index in [1.807, 2.05) is 17.5 Å². The molecule has 0 atom stereocenters. The summed E-state index contributed by atoms with van der Waals surface area (Å²) in [6.07, 6.45) is 0. The van der Waals surface area contributed by atoms with Crippen molar-refractivity contribution in [3.8, 4) is 0 Å². The highest BCUT2D eigenvalue weighted by Crippen LogP contribution is 2.22. The zero-order chi connectivity index (χ0) is 10.1. The first kappa shape index (κ1) is 10.2. The van der Waals surface area contributed by atoms with Gasteiger partial charge < -0.3 is 10.0 Å². The summed E-state index contributed by atoms with van der Waals surface area (Å²) in [5, 5.41) is 12.2. The van der Waals surface area contributed by atoms with Crippen LogP contribution in [0.2, 0.25) is 0 Å². The van der Waals surface area contributed by atoms with Gasteiger partial charge in [0.05, 0.1) is 5.00 Å². The van der Waals surface area contributed by atoms with E-state index in [0.717, 1.165) is 5.00 Å². The molecule has 0 aliphatic heterocycles. The first-order valence-corrected chi connectivity index (χ1v) is 4.85. The van der Waals surface area contributed by atoms with Gasteiger partial charge in [-0.2, -0.15) is 0 Å². The third-order valence-corrected chi connectivity index (χ3v) is 2.61. The van der Waals surface area contributed by atoms with Crippen molar-refractivity contribution in [2.75, 3.05) is 11.9 Å². The first-order chi connectivity index (χ1) is 5.93. The molecular formula is C9H13NO2S. The molecule has 0 bridgehead atoms. The molecule has 1 rings (SSSR count). The van der Waals surface area contributed by atoms with Crippen molar-refractivity contribution >= 4 is 22.2 Å². The van der Waals surface area contributed by atoms with Crippen LogP contribution < -0.4 is 4.90 Å². The molecule has 3 nitrogen and oxygen atoms in total. The molecule has 0 fully saturated rings. The van der Waals surface area contributed by atoms with Crippen molar-refractivity contribution in [3.63, 3.8) is 0 Å².